The largest absolute Gasteiger partial charge is 0.416 e. The van der Waals surface area contributed by atoms with Crippen LogP contribution < -0.4 is 10.6 Å². The summed E-state index contributed by atoms with van der Waals surface area (Å²) in [6, 6.07) is 13.8. The smallest absolute Gasteiger partial charge is 0.335 e. The molecule has 0 saturated heterocycles. The second-order valence-corrected chi connectivity index (χ2v) is 5.60. The number of halogens is 3. The third kappa shape index (κ3) is 5.61. The number of anilines is 1. The van der Waals surface area contributed by atoms with Crippen LogP contribution >= 0.6 is 0 Å². The Bertz CT molecular complexity index is 671. The van der Waals surface area contributed by atoms with Gasteiger partial charge in [0.25, 0.3) is 0 Å². The van der Waals surface area contributed by atoms with Crippen molar-refractivity contribution in [2.45, 2.75) is 32.0 Å². The molecule has 2 aromatic carbocycles. The molecule has 6 heteroatoms. The van der Waals surface area contributed by atoms with Gasteiger partial charge < -0.3 is 10.6 Å². The average Bonchev–Trinajstić information content (AvgIpc) is 2.53. The predicted molar refractivity (Wildman–Crippen MR) is 87.8 cm³/mol. The van der Waals surface area contributed by atoms with Gasteiger partial charge in [-0.15, -0.1) is 0 Å². The van der Waals surface area contributed by atoms with E-state index in [1.54, 1.807) is 0 Å². The Morgan fingerprint density at radius 1 is 1.08 bits per heavy atom. The Kier molecular flexibility index (Phi) is 5.84. The number of aryl methyl sites for hydroxylation is 1. The number of hydrogen-bond acceptors (Lipinski definition) is 1. The van der Waals surface area contributed by atoms with Crippen molar-refractivity contribution in [2.75, 3.05) is 5.32 Å². The van der Waals surface area contributed by atoms with Gasteiger partial charge in [0.1, 0.15) is 0 Å². The molecule has 0 saturated carbocycles. The number of carbonyl (C=O) groups excluding carboxylic acids is 1. The molecular formula is C18H19F3N2O. The molecule has 0 fully saturated rings. The zero-order valence-corrected chi connectivity index (χ0v) is 13.2. The van der Waals surface area contributed by atoms with E-state index in [1.165, 1.54) is 17.7 Å². The Balaban J connectivity index is 1.84. The highest BCUT2D eigenvalue weighted by Gasteiger charge is 2.30. The molecule has 1 atom stereocenters. The van der Waals surface area contributed by atoms with E-state index in [0.29, 0.717) is 0 Å². The van der Waals surface area contributed by atoms with Crippen molar-refractivity contribution in [3.8, 4) is 0 Å². The maximum atomic E-state index is 12.6. The number of carbonyl (C=O) groups is 1. The topological polar surface area (TPSA) is 41.1 Å². The molecule has 2 aromatic rings. The third-order valence-electron chi connectivity index (χ3n) is 3.53. The Labute approximate surface area is 138 Å². The van der Waals surface area contributed by atoms with E-state index in [0.717, 1.165) is 25.0 Å². The van der Waals surface area contributed by atoms with Gasteiger partial charge in [-0.25, -0.2) is 4.79 Å². The van der Waals surface area contributed by atoms with Crippen molar-refractivity contribution >= 4 is 11.7 Å². The summed E-state index contributed by atoms with van der Waals surface area (Å²) in [5, 5.41) is 5.16. The van der Waals surface area contributed by atoms with E-state index in [1.807, 2.05) is 37.3 Å². The van der Waals surface area contributed by atoms with Gasteiger partial charge in [0.15, 0.2) is 0 Å². The van der Waals surface area contributed by atoms with Crippen molar-refractivity contribution in [3.05, 3.63) is 65.7 Å². The van der Waals surface area contributed by atoms with Crippen molar-refractivity contribution in [3.63, 3.8) is 0 Å². The molecule has 24 heavy (non-hydrogen) atoms. The molecule has 0 aromatic heterocycles. The lowest BCUT2D eigenvalue weighted by Crippen LogP contribution is -2.36. The normalized spacial score (nSPS) is 12.5. The van der Waals surface area contributed by atoms with Gasteiger partial charge in [-0.1, -0.05) is 36.4 Å². The average molecular weight is 336 g/mol. The Morgan fingerprint density at radius 3 is 2.46 bits per heavy atom. The zero-order valence-electron chi connectivity index (χ0n) is 13.2. The molecule has 2 amide bonds. The van der Waals surface area contributed by atoms with Crippen LogP contribution in [0.2, 0.25) is 0 Å². The van der Waals surface area contributed by atoms with Crippen LogP contribution in [0.25, 0.3) is 0 Å². The highest BCUT2D eigenvalue weighted by atomic mass is 19.4. The summed E-state index contributed by atoms with van der Waals surface area (Å²) in [5.74, 6) is 0. The van der Waals surface area contributed by atoms with Gasteiger partial charge in [-0.05, 0) is 43.5 Å². The van der Waals surface area contributed by atoms with Crippen LogP contribution in [0, 0.1) is 0 Å². The molecular weight excluding hydrogens is 317 g/mol. The number of nitrogens with one attached hydrogen (secondary N) is 2. The van der Waals surface area contributed by atoms with Crippen molar-refractivity contribution in [2.24, 2.45) is 0 Å². The van der Waals surface area contributed by atoms with Gasteiger partial charge in [0.05, 0.1) is 5.56 Å². The van der Waals surface area contributed by atoms with Crippen LogP contribution in [0.15, 0.2) is 54.6 Å². The summed E-state index contributed by atoms with van der Waals surface area (Å²) < 4.78 is 37.9. The van der Waals surface area contributed by atoms with Crippen molar-refractivity contribution in [1.82, 2.24) is 5.32 Å². The van der Waals surface area contributed by atoms with Crippen molar-refractivity contribution < 1.29 is 18.0 Å². The molecule has 3 nitrogen and oxygen atoms in total. The van der Waals surface area contributed by atoms with Crippen LogP contribution in [0.3, 0.4) is 0 Å². The van der Waals surface area contributed by atoms with E-state index in [2.05, 4.69) is 10.6 Å². The minimum absolute atomic E-state index is 0.101. The van der Waals surface area contributed by atoms with E-state index >= 15 is 0 Å². The first-order chi connectivity index (χ1) is 11.3. The molecule has 0 bridgehead atoms. The highest BCUT2D eigenvalue weighted by Crippen LogP contribution is 2.30. The monoisotopic (exact) mass is 336 g/mol. The maximum Gasteiger partial charge on any atom is 0.416 e. The highest BCUT2D eigenvalue weighted by molar-refractivity contribution is 5.89. The second-order valence-electron chi connectivity index (χ2n) is 5.60. The van der Waals surface area contributed by atoms with E-state index in [-0.39, 0.29) is 11.7 Å². The van der Waals surface area contributed by atoms with E-state index < -0.39 is 17.8 Å². The Hall–Kier alpha value is -2.50. The van der Waals surface area contributed by atoms with Crippen LogP contribution in [-0.2, 0) is 12.6 Å². The lowest BCUT2D eigenvalue weighted by Gasteiger charge is -2.15. The summed E-state index contributed by atoms with van der Waals surface area (Å²) in [7, 11) is 0. The fourth-order valence-corrected chi connectivity index (χ4v) is 2.26. The molecule has 0 aliphatic carbocycles. The molecule has 128 valence electrons. The molecule has 0 spiro atoms. The standard InChI is InChI=1S/C18H19F3N2O/c1-13(10-11-14-6-3-2-4-7-14)22-17(24)23-16-9-5-8-15(12-16)18(19,20)21/h2-9,12-13H,10-11H2,1H3,(H2,22,23,24). The number of rotatable bonds is 5. The first kappa shape index (κ1) is 17.8. The minimum Gasteiger partial charge on any atom is -0.335 e. The molecule has 1 unspecified atom stereocenters. The van der Waals surface area contributed by atoms with Gasteiger partial charge in [0.2, 0.25) is 0 Å². The fourth-order valence-electron chi connectivity index (χ4n) is 2.26. The Morgan fingerprint density at radius 2 is 1.79 bits per heavy atom. The first-order valence-corrected chi connectivity index (χ1v) is 7.63. The van der Waals surface area contributed by atoms with Gasteiger partial charge >= 0.3 is 12.2 Å². The predicted octanol–water partition coefficient (Wildman–Crippen LogP) is 4.85. The quantitative estimate of drug-likeness (QED) is 0.805. The molecule has 0 aliphatic rings. The molecule has 0 radical (unpaired) electrons. The summed E-state index contributed by atoms with van der Waals surface area (Å²) >= 11 is 0. The summed E-state index contributed by atoms with van der Waals surface area (Å²) in [6.45, 7) is 1.86. The maximum absolute atomic E-state index is 12.6. The lowest BCUT2D eigenvalue weighted by atomic mass is 10.1. The van der Waals surface area contributed by atoms with Gasteiger partial charge in [-0.3, -0.25) is 0 Å². The van der Waals surface area contributed by atoms with Gasteiger partial charge in [0, 0.05) is 11.7 Å². The number of alkyl halides is 3. The van der Waals surface area contributed by atoms with E-state index in [4.69, 9.17) is 0 Å². The SMILES string of the molecule is CC(CCc1ccccc1)NC(=O)Nc1cccc(C(F)(F)F)c1. The first-order valence-electron chi connectivity index (χ1n) is 7.63. The summed E-state index contributed by atoms with van der Waals surface area (Å²) in [4.78, 5) is 11.9. The number of benzene rings is 2. The lowest BCUT2D eigenvalue weighted by molar-refractivity contribution is -0.137. The number of urea groups is 1. The molecule has 2 N–H and O–H groups in total. The van der Waals surface area contributed by atoms with Crippen LogP contribution in [0.1, 0.15) is 24.5 Å². The number of amides is 2. The van der Waals surface area contributed by atoms with Crippen LogP contribution in [0.5, 0.6) is 0 Å². The van der Waals surface area contributed by atoms with Crippen molar-refractivity contribution in [1.29, 1.82) is 0 Å². The zero-order chi connectivity index (χ0) is 17.6. The van der Waals surface area contributed by atoms with Gasteiger partial charge in [-0.2, -0.15) is 13.2 Å². The number of hydrogen-bond donors (Lipinski definition) is 2. The molecule has 2 rings (SSSR count). The summed E-state index contributed by atoms with van der Waals surface area (Å²) in [6.07, 6.45) is -2.89. The fraction of sp³-hybridized carbons (Fsp3) is 0.278. The minimum atomic E-state index is -4.43. The van der Waals surface area contributed by atoms with E-state index in [9.17, 15) is 18.0 Å². The molecule has 0 heterocycles. The third-order valence-corrected chi connectivity index (χ3v) is 3.53. The van der Waals surface area contributed by atoms with Crippen LogP contribution in [-0.4, -0.2) is 12.1 Å². The molecule has 0 aliphatic heterocycles. The summed E-state index contributed by atoms with van der Waals surface area (Å²) in [5.41, 5.74) is 0.486. The van der Waals surface area contributed by atoms with Crippen LogP contribution in [0.4, 0.5) is 23.7 Å². The second kappa shape index (κ2) is 7.86.